The average Bonchev–Trinajstić information content (AvgIpc) is 3.15. The number of fused-ring (bicyclic) bond motifs is 1. The number of halogens is 1. The molecule has 0 radical (unpaired) electrons. The number of aromatic nitrogens is 2. The zero-order valence-electron chi connectivity index (χ0n) is 15.1. The number of carbonyl (C=O) groups excluding carboxylic acids is 1. The monoisotopic (exact) mass is 425 g/mol. The lowest BCUT2D eigenvalue weighted by Gasteiger charge is -2.21. The van der Waals surface area contributed by atoms with Crippen LogP contribution in [0.1, 0.15) is 17.6 Å². The first-order valence-electron chi connectivity index (χ1n) is 8.40. The Hall–Kier alpha value is -1.90. The summed E-state index contributed by atoms with van der Waals surface area (Å²) in [4.78, 5) is 20.1. The molecule has 6 nitrogen and oxygen atoms in total. The van der Waals surface area contributed by atoms with E-state index in [2.05, 4.69) is 4.98 Å². The Kier molecular flexibility index (Phi) is 5.88. The number of benzene rings is 1. The lowest BCUT2D eigenvalue weighted by atomic mass is 10.3. The molecule has 0 aliphatic carbocycles. The molecular weight excluding hydrogens is 406 g/mol. The first kappa shape index (κ1) is 19.9. The summed E-state index contributed by atoms with van der Waals surface area (Å²) in [6.45, 7) is 2.97. The number of likely N-dealkylation sites (N-methyl/N-ethyl adjacent to an activating group) is 1. The fraction of sp³-hybridized carbons (Fsp3) is 0.333. The van der Waals surface area contributed by atoms with Crippen LogP contribution in [0.3, 0.4) is 0 Å². The lowest BCUT2D eigenvalue weighted by Crippen LogP contribution is -2.33. The SMILES string of the molecule is CCN(Cc1ccc(Cl)s1)C(=O)Cn1c(CS(C)(=O)=O)nc2ccccc21. The van der Waals surface area contributed by atoms with E-state index in [1.165, 1.54) is 11.3 Å². The summed E-state index contributed by atoms with van der Waals surface area (Å²) in [5.41, 5.74) is 1.43. The van der Waals surface area contributed by atoms with Crippen LogP contribution >= 0.6 is 22.9 Å². The summed E-state index contributed by atoms with van der Waals surface area (Å²) in [5.74, 6) is 0.0731. The third-order valence-electron chi connectivity index (χ3n) is 4.13. The second-order valence-corrected chi connectivity index (χ2v) is 10.2. The Morgan fingerprint density at radius 3 is 2.63 bits per heavy atom. The van der Waals surface area contributed by atoms with Gasteiger partial charge in [0.15, 0.2) is 9.84 Å². The van der Waals surface area contributed by atoms with Crippen molar-refractivity contribution >= 4 is 49.7 Å². The van der Waals surface area contributed by atoms with Crippen molar-refractivity contribution in [3.8, 4) is 0 Å². The maximum absolute atomic E-state index is 12.9. The van der Waals surface area contributed by atoms with Gasteiger partial charge in [0.25, 0.3) is 0 Å². The van der Waals surface area contributed by atoms with E-state index in [1.807, 2.05) is 43.3 Å². The lowest BCUT2D eigenvalue weighted by molar-refractivity contribution is -0.132. The van der Waals surface area contributed by atoms with Crippen LogP contribution in [-0.2, 0) is 33.5 Å². The smallest absolute Gasteiger partial charge is 0.242 e. The van der Waals surface area contributed by atoms with E-state index in [-0.39, 0.29) is 18.2 Å². The van der Waals surface area contributed by atoms with Crippen LogP contribution in [0.25, 0.3) is 11.0 Å². The number of thiophene rings is 1. The minimum atomic E-state index is -3.28. The molecule has 0 unspecified atom stereocenters. The quantitative estimate of drug-likeness (QED) is 0.582. The minimum Gasteiger partial charge on any atom is -0.336 e. The highest BCUT2D eigenvalue weighted by Crippen LogP contribution is 2.23. The molecule has 0 bridgehead atoms. The van der Waals surface area contributed by atoms with Crippen LogP contribution in [0.5, 0.6) is 0 Å². The van der Waals surface area contributed by atoms with Gasteiger partial charge in [0.1, 0.15) is 18.1 Å². The summed E-state index contributed by atoms with van der Waals surface area (Å²) in [6, 6.07) is 11.1. The van der Waals surface area contributed by atoms with Crippen LogP contribution < -0.4 is 0 Å². The molecule has 2 heterocycles. The molecular formula is C18H20ClN3O3S2. The zero-order chi connectivity index (χ0) is 19.6. The van der Waals surface area contributed by atoms with Crippen molar-refractivity contribution in [1.82, 2.24) is 14.5 Å². The summed E-state index contributed by atoms with van der Waals surface area (Å²) >= 11 is 7.42. The van der Waals surface area contributed by atoms with Crippen molar-refractivity contribution in [3.63, 3.8) is 0 Å². The normalized spacial score (nSPS) is 11.8. The molecule has 3 rings (SSSR count). The topological polar surface area (TPSA) is 72.3 Å². The fourth-order valence-corrected chi connectivity index (χ4v) is 4.68. The van der Waals surface area contributed by atoms with Gasteiger partial charge in [0.2, 0.25) is 5.91 Å². The van der Waals surface area contributed by atoms with Gasteiger partial charge in [-0.05, 0) is 31.2 Å². The summed E-state index contributed by atoms with van der Waals surface area (Å²) in [5, 5.41) is 0. The zero-order valence-corrected chi connectivity index (χ0v) is 17.4. The van der Waals surface area contributed by atoms with E-state index < -0.39 is 9.84 Å². The van der Waals surface area contributed by atoms with E-state index in [4.69, 9.17) is 11.6 Å². The average molecular weight is 426 g/mol. The van der Waals surface area contributed by atoms with E-state index in [0.29, 0.717) is 28.8 Å². The van der Waals surface area contributed by atoms with E-state index in [1.54, 1.807) is 9.47 Å². The van der Waals surface area contributed by atoms with Crippen LogP contribution in [0.4, 0.5) is 0 Å². The van der Waals surface area contributed by atoms with Crippen molar-refractivity contribution in [1.29, 1.82) is 0 Å². The number of imidazole rings is 1. The number of hydrogen-bond acceptors (Lipinski definition) is 5. The Labute approximate surface area is 167 Å². The maximum atomic E-state index is 12.9. The highest BCUT2D eigenvalue weighted by atomic mass is 35.5. The maximum Gasteiger partial charge on any atom is 0.242 e. The highest BCUT2D eigenvalue weighted by molar-refractivity contribution is 7.89. The summed E-state index contributed by atoms with van der Waals surface area (Å²) < 4.78 is 26.0. The number of sulfone groups is 1. The molecule has 0 N–H and O–H groups in total. The molecule has 0 fully saturated rings. The van der Waals surface area contributed by atoms with Crippen LogP contribution in [0, 0.1) is 0 Å². The summed E-state index contributed by atoms with van der Waals surface area (Å²) in [6.07, 6.45) is 1.16. The van der Waals surface area contributed by atoms with Gasteiger partial charge in [-0.2, -0.15) is 0 Å². The van der Waals surface area contributed by atoms with E-state index in [9.17, 15) is 13.2 Å². The van der Waals surface area contributed by atoms with Crippen LogP contribution in [-0.4, -0.2) is 41.6 Å². The molecule has 0 saturated carbocycles. The van der Waals surface area contributed by atoms with Crippen molar-refractivity contribution < 1.29 is 13.2 Å². The molecule has 0 saturated heterocycles. The Morgan fingerprint density at radius 2 is 2.00 bits per heavy atom. The van der Waals surface area contributed by atoms with Crippen molar-refractivity contribution in [2.24, 2.45) is 0 Å². The van der Waals surface area contributed by atoms with Gasteiger partial charge < -0.3 is 9.47 Å². The van der Waals surface area contributed by atoms with E-state index in [0.717, 1.165) is 16.6 Å². The Bertz CT molecular complexity index is 1070. The molecule has 27 heavy (non-hydrogen) atoms. The van der Waals surface area contributed by atoms with Crippen LogP contribution in [0.15, 0.2) is 36.4 Å². The second-order valence-electron chi connectivity index (χ2n) is 6.29. The Balaban J connectivity index is 1.89. The van der Waals surface area contributed by atoms with Gasteiger partial charge in [0, 0.05) is 17.7 Å². The number of hydrogen-bond donors (Lipinski definition) is 0. The molecule has 0 aliphatic rings. The fourth-order valence-electron chi connectivity index (χ4n) is 2.88. The van der Waals surface area contributed by atoms with Crippen LogP contribution in [0.2, 0.25) is 4.34 Å². The number of rotatable bonds is 7. The molecule has 2 aromatic heterocycles. The first-order chi connectivity index (χ1) is 12.8. The van der Waals surface area contributed by atoms with Gasteiger partial charge in [-0.15, -0.1) is 11.3 Å². The summed E-state index contributed by atoms with van der Waals surface area (Å²) in [7, 11) is -3.28. The molecule has 1 aromatic carbocycles. The van der Waals surface area contributed by atoms with Gasteiger partial charge >= 0.3 is 0 Å². The van der Waals surface area contributed by atoms with Crippen molar-refractivity contribution in [3.05, 3.63) is 51.4 Å². The van der Waals surface area contributed by atoms with Gasteiger partial charge in [0.05, 0.1) is 21.9 Å². The number of para-hydroxylation sites is 2. The largest absolute Gasteiger partial charge is 0.336 e. The van der Waals surface area contributed by atoms with Gasteiger partial charge in [-0.25, -0.2) is 13.4 Å². The Morgan fingerprint density at radius 1 is 1.26 bits per heavy atom. The predicted octanol–water partition coefficient (Wildman–Crippen LogP) is 3.34. The molecule has 144 valence electrons. The molecule has 3 aromatic rings. The highest BCUT2D eigenvalue weighted by Gasteiger charge is 2.20. The standard InChI is InChI=1S/C18H20ClN3O3S2/c1-3-21(10-13-8-9-16(19)26-13)18(23)11-22-15-7-5-4-6-14(15)20-17(22)12-27(2,24)25/h4-9H,3,10-12H2,1-2H3. The molecule has 9 heteroatoms. The van der Waals surface area contributed by atoms with Gasteiger partial charge in [-0.1, -0.05) is 23.7 Å². The van der Waals surface area contributed by atoms with E-state index >= 15 is 0 Å². The second kappa shape index (κ2) is 8.00. The van der Waals surface area contributed by atoms with Crippen molar-refractivity contribution in [2.45, 2.75) is 25.8 Å². The third-order valence-corrected chi connectivity index (χ3v) is 6.13. The number of nitrogens with zero attached hydrogens (tertiary/aromatic N) is 3. The number of carbonyl (C=O) groups is 1. The molecule has 0 aliphatic heterocycles. The van der Waals surface area contributed by atoms with Crippen molar-refractivity contribution in [2.75, 3.05) is 12.8 Å². The number of amides is 1. The first-order valence-corrected chi connectivity index (χ1v) is 11.7. The third kappa shape index (κ3) is 4.88. The predicted molar refractivity (Wildman–Crippen MR) is 109 cm³/mol. The molecule has 0 atom stereocenters. The minimum absolute atomic E-state index is 0.0400. The molecule has 1 amide bonds. The van der Waals surface area contributed by atoms with Gasteiger partial charge in [-0.3, -0.25) is 4.79 Å². The molecule has 0 spiro atoms.